The molecule has 114 valence electrons. The molecule has 0 radical (unpaired) electrons. The Morgan fingerprint density at radius 1 is 1.05 bits per heavy atom. The van der Waals surface area contributed by atoms with Crippen molar-refractivity contribution in [2.45, 2.75) is 45.4 Å². The molecule has 0 aliphatic carbocycles. The Labute approximate surface area is 132 Å². The molecule has 2 nitrogen and oxygen atoms in total. The lowest BCUT2D eigenvalue weighted by molar-refractivity contribution is -0.135. The number of hydrogen-bond acceptors (Lipinski definition) is 2. The third kappa shape index (κ3) is 2.78. The van der Waals surface area contributed by atoms with Crippen molar-refractivity contribution in [2.24, 2.45) is 0 Å². The second-order valence-electron chi connectivity index (χ2n) is 7.14. The van der Waals surface area contributed by atoms with Gasteiger partial charge in [-0.25, -0.2) is 0 Å². The maximum atomic E-state index is 11.9. The third-order valence-corrected chi connectivity index (χ3v) is 4.33. The van der Waals surface area contributed by atoms with E-state index in [2.05, 4.69) is 64.1 Å². The van der Waals surface area contributed by atoms with Crippen molar-refractivity contribution in [3.63, 3.8) is 0 Å². The van der Waals surface area contributed by atoms with Crippen LogP contribution in [0.25, 0.3) is 0 Å². The monoisotopic (exact) mass is 294 g/mol. The van der Waals surface area contributed by atoms with Gasteiger partial charge in [-0.15, -0.1) is 0 Å². The van der Waals surface area contributed by atoms with E-state index >= 15 is 0 Å². The summed E-state index contributed by atoms with van der Waals surface area (Å²) in [5.74, 6) is 0.635. The van der Waals surface area contributed by atoms with Gasteiger partial charge in [0.2, 0.25) is 0 Å². The summed E-state index contributed by atoms with van der Waals surface area (Å²) in [4.78, 5) is 11.9. The molecule has 0 saturated carbocycles. The van der Waals surface area contributed by atoms with Crippen LogP contribution in [0.4, 0.5) is 0 Å². The number of esters is 1. The number of carbonyl (C=O) groups is 1. The van der Waals surface area contributed by atoms with Crippen LogP contribution in [0.2, 0.25) is 0 Å². The predicted octanol–water partition coefficient (Wildman–Crippen LogP) is 4.73. The average Bonchev–Trinajstić information content (AvgIpc) is 2.45. The van der Waals surface area contributed by atoms with Gasteiger partial charge in [0.25, 0.3) is 0 Å². The van der Waals surface area contributed by atoms with E-state index in [0.29, 0.717) is 12.2 Å². The topological polar surface area (TPSA) is 26.3 Å². The fraction of sp³-hybridized carbons (Fsp3) is 0.350. The fourth-order valence-corrected chi connectivity index (χ4v) is 2.92. The van der Waals surface area contributed by atoms with Gasteiger partial charge >= 0.3 is 5.97 Å². The Balaban J connectivity index is 2.10. The van der Waals surface area contributed by atoms with Crippen LogP contribution in [-0.4, -0.2) is 5.97 Å². The van der Waals surface area contributed by atoms with E-state index in [9.17, 15) is 4.79 Å². The van der Waals surface area contributed by atoms with Crippen LogP contribution >= 0.6 is 0 Å². The van der Waals surface area contributed by atoms with E-state index in [1.54, 1.807) is 0 Å². The molecule has 1 atom stereocenters. The summed E-state index contributed by atoms with van der Waals surface area (Å²) in [6.45, 7) is 8.67. The second kappa shape index (κ2) is 5.28. The van der Waals surface area contributed by atoms with E-state index in [0.717, 1.165) is 5.56 Å². The summed E-state index contributed by atoms with van der Waals surface area (Å²) in [6, 6.07) is 14.6. The number of aryl methyl sites for hydroxylation is 1. The molecule has 1 heterocycles. The van der Waals surface area contributed by atoms with Crippen LogP contribution in [0, 0.1) is 6.92 Å². The molecule has 0 bridgehead atoms. The molecule has 22 heavy (non-hydrogen) atoms. The fourth-order valence-electron chi connectivity index (χ4n) is 2.92. The standard InChI is InChI=1S/C20H22O2/c1-13-5-7-14(8-6-13)16-12-19(21)22-18-10-9-15(11-17(16)18)20(2,3)4/h5-11,16H,12H2,1-4H3/t16-/m0/s1. The molecule has 0 fully saturated rings. The van der Waals surface area contributed by atoms with Gasteiger partial charge in [0.15, 0.2) is 0 Å². The lowest BCUT2D eigenvalue weighted by atomic mass is 9.81. The zero-order valence-electron chi connectivity index (χ0n) is 13.6. The van der Waals surface area contributed by atoms with E-state index in [-0.39, 0.29) is 17.3 Å². The summed E-state index contributed by atoms with van der Waals surface area (Å²) < 4.78 is 5.44. The van der Waals surface area contributed by atoms with Crippen LogP contribution < -0.4 is 4.74 Å². The summed E-state index contributed by atoms with van der Waals surface area (Å²) in [7, 11) is 0. The number of rotatable bonds is 1. The average molecular weight is 294 g/mol. The number of hydrogen-bond donors (Lipinski definition) is 0. The highest BCUT2D eigenvalue weighted by Gasteiger charge is 2.29. The van der Waals surface area contributed by atoms with Crippen LogP contribution in [0.15, 0.2) is 42.5 Å². The van der Waals surface area contributed by atoms with Crippen molar-refractivity contribution in [1.29, 1.82) is 0 Å². The summed E-state index contributed by atoms with van der Waals surface area (Å²) in [6.07, 6.45) is 0.406. The minimum absolute atomic E-state index is 0.0777. The third-order valence-electron chi connectivity index (χ3n) is 4.33. The van der Waals surface area contributed by atoms with E-state index in [1.165, 1.54) is 16.7 Å². The highest BCUT2D eigenvalue weighted by Crippen LogP contribution is 2.40. The first-order valence-electron chi connectivity index (χ1n) is 7.76. The Hall–Kier alpha value is -2.09. The first kappa shape index (κ1) is 14.8. The molecule has 0 spiro atoms. The highest BCUT2D eigenvalue weighted by molar-refractivity contribution is 5.77. The Morgan fingerprint density at radius 2 is 1.73 bits per heavy atom. The zero-order valence-corrected chi connectivity index (χ0v) is 13.6. The minimum atomic E-state index is -0.151. The van der Waals surface area contributed by atoms with Crippen molar-refractivity contribution in [1.82, 2.24) is 0 Å². The molecule has 2 heteroatoms. The van der Waals surface area contributed by atoms with Gasteiger partial charge in [-0.2, -0.15) is 0 Å². The van der Waals surface area contributed by atoms with Crippen molar-refractivity contribution in [2.75, 3.05) is 0 Å². The molecular weight excluding hydrogens is 272 g/mol. The normalized spacial score (nSPS) is 17.8. The maximum Gasteiger partial charge on any atom is 0.312 e. The quantitative estimate of drug-likeness (QED) is 0.561. The number of ether oxygens (including phenoxy) is 1. The van der Waals surface area contributed by atoms with Gasteiger partial charge in [0, 0.05) is 11.5 Å². The SMILES string of the molecule is Cc1ccc([C@@H]2CC(=O)Oc3ccc(C(C)(C)C)cc32)cc1. The summed E-state index contributed by atoms with van der Waals surface area (Å²) >= 11 is 0. The molecule has 0 amide bonds. The second-order valence-corrected chi connectivity index (χ2v) is 7.14. The Bertz CT molecular complexity index is 705. The number of carbonyl (C=O) groups excluding carboxylic acids is 1. The largest absolute Gasteiger partial charge is 0.426 e. The highest BCUT2D eigenvalue weighted by atomic mass is 16.5. The first-order valence-corrected chi connectivity index (χ1v) is 7.76. The molecule has 1 aliphatic heterocycles. The smallest absolute Gasteiger partial charge is 0.312 e. The van der Waals surface area contributed by atoms with Crippen LogP contribution in [0.1, 0.15) is 55.4 Å². The van der Waals surface area contributed by atoms with Gasteiger partial charge in [-0.1, -0.05) is 62.7 Å². The minimum Gasteiger partial charge on any atom is -0.426 e. The lowest BCUT2D eigenvalue weighted by Crippen LogP contribution is -2.22. The van der Waals surface area contributed by atoms with Gasteiger partial charge in [-0.05, 0) is 29.5 Å². The molecule has 1 aliphatic rings. The number of benzene rings is 2. The molecule has 0 saturated heterocycles. The molecule has 0 N–H and O–H groups in total. The Kier molecular flexibility index (Phi) is 3.56. The van der Waals surface area contributed by atoms with Gasteiger partial charge in [0.05, 0.1) is 6.42 Å². The van der Waals surface area contributed by atoms with Crippen molar-refractivity contribution in [3.8, 4) is 5.75 Å². The van der Waals surface area contributed by atoms with Crippen molar-refractivity contribution < 1.29 is 9.53 Å². The molecule has 3 rings (SSSR count). The van der Waals surface area contributed by atoms with Crippen molar-refractivity contribution in [3.05, 3.63) is 64.7 Å². The van der Waals surface area contributed by atoms with Crippen LogP contribution in [0.3, 0.4) is 0 Å². The van der Waals surface area contributed by atoms with Gasteiger partial charge in [-0.3, -0.25) is 4.79 Å². The summed E-state index contributed by atoms with van der Waals surface area (Å²) in [5, 5.41) is 0. The van der Waals surface area contributed by atoms with Crippen molar-refractivity contribution >= 4 is 5.97 Å². The molecule has 2 aromatic rings. The van der Waals surface area contributed by atoms with E-state index in [4.69, 9.17) is 4.74 Å². The maximum absolute atomic E-state index is 11.9. The molecular formula is C20H22O2. The molecule has 0 aromatic heterocycles. The van der Waals surface area contributed by atoms with Gasteiger partial charge in [0.1, 0.15) is 5.75 Å². The Morgan fingerprint density at radius 3 is 2.36 bits per heavy atom. The first-order chi connectivity index (χ1) is 10.3. The zero-order chi connectivity index (χ0) is 15.9. The molecule has 0 unspecified atom stereocenters. The van der Waals surface area contributed by atoms with E-state index in [1.807, 2.05) is 6.07 Å². The predicted molar refractivity (Wildman–Crippen MR) is 88.4 cm³/mol. The molecule has 2 aromatic carbocycles. The van der Waals surface area contributed by atoms with Gasteiger partial charge < -0.3 is 4.74 Å². The van der Waals surface area contributed by atoms with Crippen LogP contribution in [-0.2, 0) is 10.2 Å². The van der Waals surface area contributed by atoms with Crippen LogP contribution in [0.5, 0.6) is 5.75 Å². The lowest BCUT2D eigenvalue weighted by Gasteiger charge is -2.28. The summed E-state index contributed by atoms with van der Waals surface area (Å²) in [5.41, 5.74) is 4.87. The van der Waals surface area contributed by atoms with E-state index < -0.39 is 0 Å². The number of fused-ring (bicyclic) bond motifs is 1.